The van der Waals surface area contributed by atoms with Crippen molar-refractivity contribution in [3.8, 4) is 0 Å². The van der Waals surface area contributed by atoms with Gasteiger partial charge in [-0.05, 0) is 38.8 Å². The fraction of sp³-hybridized carbons (Fsp3) is 0.846. The Balaban J connectivity index is 2.17. The van der Waals surface area contributed by atoms with Gasteiger partial charge in [-0.15, -0.1) is 0 Å². The third-order valence-corrected chi connectivity index (χ3v) is 3.42. The first-order valence-corrected chi connectivity index (χ1v) is 6.71. The second-order valence-electron chi connectivity index (χ2n) is 5.30. The Morgan fingerprint density at radius 1 is 1.22 bits per heavy atom. The quantitative estimate of drug-likeness (QED) is 0.715. The molecule has 0 radical (unpaired) electrons. The number of likely N-dealkylation sites (tertiary alicyclic amines) is 1. The molecule has 2 unspecified atom stereocenters. The van der Waals surface area contributed by atoms with Gasteiger partial charge in [-0.1, -0.05) is 6.92 Å². The SMILES string of the molecule is CC(CC(=O)O)CC(=O)NCC(C)N1CCCC1. The molecule has 104 valence electrons. The summed E-state index contributed by atoms with van der Waals surface area (Å²) in [6, 6.07) is 0.367. The number of carboxylic acids is 1. The molecule has 1 aliphatic heterocycles. The largest absolute Gasteiger partial charge is 0.481 e. The molecule has 0 bridgehead atoms. The molecule has 0 aromatic heterocycles. The lowest BCUT2D eigenvalue weighted by molar-refractivity contribution is -0.138. The Morgan fingerprint density at radius 2 is 1.83 bits per heavy atom. The van der Waals surface area contributed by atoms with E-state index >= 15 is 0 Å². The van der Waals surface area contributed by atoms with Crippen LogP contribution in [0.15, 0.2) is 0 Å². The van der Waals surface area contributed by atoms with Gasteiger partial charge in [0.25, 0.3) is 0 Å². The first kappa shape index (κ1) is 15.0. The molecule has 0 aromatic rings. The fourth-order valence-electron chi connectivity index (χ4n) is 2.33. The van der Waals surface area contributed by atoms with Gasteiger partial charge in [-0.2, -0.15) is 0 Å². The minimum absolute atomic E-state index is 0.0465. The van der Waals surface area contributed by atoms with E-state index < -0.39 is 5.97 Å². The molecule has 1 fully saturated rings. The van der Waals surface area contributed by atoms with Crippen molar-refractivity contribution in [2.24, 2.45) is 5.92 Å². The molecule has 0 saturated carbocycles. The van der Waals surface area contributed by atoms with Crippen molar-refractivity contribution in [2.45, 2.75) is 45.6 Å². The summed E-state index contributed by atoms with van der Waals surface area (Å²) >= 11 is 0. The van der Waals surface area contributed by atoms with Crippen molar-refractivity contribution in [3.63, 3.8) is 0 Å². The Hall–Kier alpha value is -1.10. The average Bonchev–Trinajstić information content (AvgIpc) is 2.77. The number of nitrogens with one attached hydrogen (secondary N) is 1. The van der Waals surface area contributed by atoms with Crippen LogP contribution in [0.1, 0.15) is 39.5 Å². The highest BCUT2D eigenvalue weighted by atomic mass is 16.4. The molecule has 1 saturated heterocycles. The molecule has 0 aromatic carbocycles. The summed E-state index contributed by atoms with van der Waals surface area (Å²) in [5, 5.41) is 11.5. The molecule has 1 heterocycles. The van der Waals surface area contributed by atoms with E-state index in [2.05, 4.69) is 17.1 Å². The predicted octanol–water partition coefficient (Wildman–Crippen LogP) is 1.09. The molecular formula is C13H24N2O3. The zero-order chi connectivity index (χ0) is 13.5. The van der Waals surface area contributed by atoms with Gasteiger partial charge in [0.05, 0.1) is 0 Å². The Bertz CT molecular complexity index is 288. The number of aliphatic carboxylic acids is 1. The van der Waals surface area contributed by atoms with Crippen LogP contribution >= 0.6 is 0 Å². The third-order valence-electron chi connectivity index (χ3n) is 3.42. The Kier molecular flexibility index (Phi) is 6.12. The molecule has 1 aliphatic rings. The third kappa shape index (κ3) is 5.49. The standard InChI is InChI=1S/C13H24N2O3/c1-10(8-13(17)18)7-12(16)14-9-11(2)15-5-3-4-6-15/h10-11H,3-9H2,1-2H3,(H,14,16)(H,17,18). The van der Waals surface area contributed by atoms with Gasteiger partial charge in [0, 0.05) is 25.4 Å². The van der Waals surface area contributed by atoms with E-state index in [1.807, 2.05) is 0 Å². The number of carboxylic acid groups (broad SMARTS) is 1. The molecule has 5 nitrogen and oxygen atoms in total. The summed E-state index contributed by atoms with van der Waals surface area (Å²) < 4.78 is 0. The molecule has 0 aliphatic carbocycles. The van der Waals surface area contributed by atoms with Gasteiger partial charge in [-0.3, -0.25) is 14.5 Å². The monoisotopic (exact) mass is 256 g/mol. The summed E-state index contributed by atoms with van der Waals surface area (Å²) in [5.74, 6) is -1.000. The lowest BCUT2D eigenvalue weighted by atomic mass is 10.0. The summed E-state index contributed by atoms with van der Waals surface area (Å²) in [5.41, 5.74) is 0. The number of amides is 1. The molecule has 18 heavy (non-hydrogen) atoms. The van der Waals surface area contributed by atoms with Crippen molar-refractivity contribution in [2.75, 3.05) is 19.6 Å². The minimum Gasteiger partial charge on any atom is -0.481 e. The molecule has 0 spiro atoms. The Morgan fingerprint density at radius 3 is 2.39 bits per heavy atom. The van der Waals surface area contributed by atoms with Crippen molar-refractivity contribution in [1.82, 2.24) is 10.2 Å². The highest BCUT2D eigenvalue weighted by molar-refractivity contribution is 5.77. The maximum atomic E-state index is 11.6. The molecule has 5 heteroatoms. The average molecular weight is 256 g/mol. The van der Waals surface area contributed by atoms with Gasteiger partial charge < -0.3 is 10.4 Å². The van der Waals surface area contributed by atoms with Crippen LogP contribution in [0.5, 0.6) is 0 Å². The summed E-state index contributed by atoms with van der Waals surface area (Å²) in [6.07, 6.45) is 2.83. The number of carbonyl (C=O) groups is 2. The van der Waals surface area contributed by atoms with Gasteiger partial charge in [0.15, 0.2) is 0 Å². The van der Waals surface area contributed by atoms with Crippen LogP contribution in [-0.4, -0.2) is 47.6 Å². The van der Waals surface area contributed by atoms with E-state index in [0.29, 0.717) is 19.0 Å². The van der Waals surface area contributed by atoms with Crippen LogP contribution in [0.3, 0.4) is 0 Å². The molecule has 1 amide bonds. The lowest BCUT2D eigenvalue weighted by Gasteiger charge is -2.24. The normalized spacial score (nSPS) is 19.4. The van der Waals surface area contributed by atoms with E-state index in [4.69, 9.17) is 5.11 Å². The Labute approximate surface area is 109 Å². The molecule has 2 atom stereocenters. The van der Waals surface area contributed by atoms with Gasteiger partial charge in [-0.25, -0.2) is 0 Å². The van der Waals surface area contributed by atoms with Crippen LogP contribution in [0.4, 0.5) is 0 Å². The fourth-order valence-corrected chi connectivity index (χ4v) is 2.33. The van der Waals surface area contributed by atoms with Crippen molar-refractivity contribution in [1.29, 1.82) is 0 Å². The maximum Gasteiger partial charge on any atom is 0.303 e. The van der Waals surface area contributed by atoms with E-state index in [-0.39, 0.29) is 18.2 Å². The number of hydrogen-bond donors (Lipinski definition) is 2. The van der Waals surface area contributed by atoms with E-state index in [0.717, 1.165) is 13.1 Å². The number of carbonyl (C=O) groups excluding carboxylic acids is 1. The highest BCUT2D eigenvalue weighted by Gasteiger charge is 2.19. The smallest absolute Gasteiger partial charge is 0.303 e. The first-order valence-electron chi connectivity index (χ1n) is 6.71. The topological polar surface area (TPSA) is 69.6 Å². The van der Waals surface area contributed by atoms with E-state index in [9.17, 15) is 9.59 Å². The van der Waals surface area contributed by atoms with E-state index in [1.54, 1.807) is 6.92 Å². The summed E-state index contributed by atoms with van der Waals surface area (Å²) in [6.45, 7) is 6.79. The summed E-state index contributed by atoms with van der Waals surface area (Å²) in [4.78, 5) is 24.5. The van der Waals surface area contributed by atoms with Crippen LogP contribution in [-0.2, 0) is 9.59 Å². The van der Waals surface area contributed by atoms with Crippen LogP contribution in [0.25, 0.3) is 0 Å². The number of nitrogens with zero attached hydrogens (tertiary/aromatic N) is 1. The van der Waals surface area contributed by atoms with E-state index in [1.165, 1.54) is 12.8 Å². The minimum atomic E-state index is -0.847. The first-order chi connectivity index (χ1) is 8.49. The molecule has 2 N–H and O–H groups in total. The van der Waals surface area contributed by atoms with Crippen LogP contribution in [0, 0.1) is 5.92 Å². The summed E-state index contributed by atoms with van der Waals surface area (Å²) in [7, 11) is 0. The number of hydrogen-bond acceptors (Lipinski definition) is 3. The zero-order valence-electron chi connectivity index (χ0n) is 11.3. The second-order valence-corrected chi connectivity index (χ2v) is 5.30. The van der Waals surface area contributed by atoms with Gasteiger partial charge >= 0.3 is 5.97 Å². The van der Waals surface area contributed by atoms with Gasteiger partial charge in [0.1, 0.15) is 0 Å². The van der Waals surface area contributed by atoms with Crippen LogP contribution < -0.4 is 5.32 Å². The maximum absolute atomic E-state index is 11.6. The molecule has 1 rings (SSSR count). The highest BCUT2D eigenvalue weighted by Crippen LogP contribution is 2.11. The van der Waals surface area contributed by atoms with Crippen LogP contribution in [0.2, 0.25) is 0 Å². The van der Waals surface area contributed by atoms with Crippen molar-refractivity contribution >= 4 is 11.9 Å². The predicted molar refractivity (Wildman–Crippen MR) is 69.3 cm³/mol. The zero-order valence-corrected chi connectivity index (χ0v) is 11.3. The van der Waals surface area contributed by atoms with Crippen molar-refractivity contribution in [3.05, 3.63) is 0 Å². The second kappa shape index (κ2) is 7.36. The van der Waals surface area contributed by atoms with Gasteiger partial charge in [0.2, 0.25) is 5.91 Å². The number of rotatable bonds is 7. The molecular weight excluding hydrogens is 232 g/mol. The lowest BCUT2D eigenvalue weighted by Crippen LogP contribution is -2.41. The van der Waals surface area contributed by atoms with Crippen molar-refractivity contribution < 1.29 is 14.7 Å².